The molecule has 0 heterocycles. The molecule has 1 amide bonds. The van der Waals surface area contributed by atoms with Gasteiger partial charge in [0.05, 0.1) is 18.3 Å². The van der Waals surface area contributed by atoms with E-state index in [0.717, 1.165) is 16.7 Å². The van der Waals surface area contributed by atoms with Crippen molar-refractivity contribution in [3.8, 4) is 17.2 Å². The number of benzene rings is 3. The van der Waals surface area contributed by atoms with E-state index >= 15 is 0 Å². The number of carboxylic acid groups (broad SMARTS) is 1. The lowest BCUT2D eigenvalue weighted by atomic mass is 9.95. The molecule has 0 bridgehead atoms. The zero-order valence-electron chi connectivity index (χ0n) is 19.2. The number of nitrogens with zero attached hydrogens (tertiary/aromatic N) is 2. The van der Waals surface area contributed by atoms with Gasteiger partial charge in [0.1, 0.15) is 6.04 Å². The van der Waals surface area contributed by atoms with Crippen molar-refractivity contribution in [2.45, 2.75) is 19.4 Å². The molecule has 0 fully saturated rings. The van der Waals surface area contributed by atoms with Gasteiger partial charge in [0.2, 0.25) is 0 Å². The van der Waals surface area contributed by atoms with Crippen LogP contribution >= 0.6 is 11.8 Å². The number of carboxylic acids is 1. The summed E-state index contributed by atoms with van der Waals surface area (Å²) in [6.07, 6.45) is 2.23. The quantitative estimate of drug-likeness (QED) is 0.391. The van der Waals surface area contributed by atoms with Gasteiger partial charge in [-0.3, -0.25) is 4.79 Å². The number of aryl methyl sites for hydroxylation is 1. The van der Waals surface area contributed by atoms with Crippen LogP contribution in [0.2, 0.25) is 0 Å². The molecule has 3 rings (SSSR count). The Bertz CT molecular complexity index is 1190. The number of carbonyl (C=O) groups excluding carboxylic acids is 1. The predicted molar refractivity (Wildman–Crippen MR) is 137 cm³/mol. The number of hydrogen-bond acceptors (Lipinski definition) is 5. The number of rotatable bonds is 10. The maximum absolute atomic E-state index is 13.9. The number of thioether (sulfide) groups is 1. The Morgan fingerprint density at radius 2 is 1.68 bits per heavy atom. The van der Waals surface area contributed by atoms with Crippen LogP contribution in [0.25, 0.3) is 11.1 Å². The minimum atomic E-state index is -1.04. The second kappa shape index (κ2) is 11.9. The second-order valence-electron chi connectivity index (χ2n) is 7.79. The third-order valence-corrected chi connectivity index (χ3v) is 6.22. The molecule has 1 atom stereocenters. The average Bonchev–Trinajstić information content (AvgIpc) is 2.86. The highest BCUT2D eigenvalue weighted by atomic mass is 32.2. The summed E-state index contributed by atoms with van der Waals surface area (Å²) in [5.74, 6) is -0.789. The molecule has 0 aromatic heterocycles. The van der Waals surface area contributed by atoms with Crippen LogP contribution < -0.4 is 5.32 Å². The van der Waals surface area contributed by atoms with E-state index in [1.165, 1.54) is 4.90 Å². The fourth-order valence-corrected chi connectivity index (χ4v) is 4.20. The molecule has 0 radical (unpaired) electrons. The van der Waals surface area contributed by atoms with Crippen LogP contribution in [0.1, 0.15) is 27.9 Å². The zero-order valence-corrected chi connectivity index (χ0v) is 20.0. The van der Waals surface area contributed by atoms with Crippen molar-refractivity contribution in [3.63, 3.8) is 0 Å². The summed E-state index contributed by atoms with van der Waals surface area (Å²) < 4.78 is 0. The van der Waals surface area contributed by atoms with Gasteiger partial charge in [-0.15, -0.1) is 0 Å². The largest absolute Gasteiger partial charge is 0.480 e. The molecule has 0 spiro atoms. The standard InChI is InChI=1S/C27H27N3O3S/c1-19-7-3-4-8-22(19)23-9-5-6-10-24(23)26(31)30(25(27(32)33)15-16-34-2)18-29-21-13-11-20(17-28)12-14-21/h3-14,25,29H,15-16,18H2,1-2H3,(H,32,33)/t25-/m0/s1. The molecule has 0 saturated carbocycles. The predicted octanol–water partition coefficient (Wildman–Crippen LogP) is 5.25. The molecule has 0 aliphatic carbocycles. The first-order valence-electron chi connectivity index (χ1n) is 10.9. The van der Waals surface area contributed by atoms with E-state index in [9.17, 15) is 14.7 Å². The van der Waals surface area contributed by atoms with E-state index < -0.39 is 12.0 Å². The van der Waals surface area contributed by atoms with Crippen molar-refractivity contribution in [1.82, 2.24) is 4.90 Å². The maximum atomic E-state index is 13.9. The van der Waals surface area contributed by atoms with E-state index in [1.54, 1.807) is 48.2 Å². The fraction of sp³-hybridized carbons (Fsp3) is 0.222. The first kappa shape index (κ1) is 24.9. The first-order valence-corrected chi connectivity index (χ1v) is 12.3. The molecule has 7 heteroatoms. The van der Waals surface area contributed by atoms with Crippen LogP contribution in [0.4, 0.5) is 5.69 Å². The van der Waals surface area contributed by atoms with Crippen LogP contribution in [0, 0.1) is 18.3 Å². The average molecular weight is 474 g/mol. The number of carbonyl (C=O) groups is 2. The topological polar surface area (TPSA) is 93.4 Å². The lowest BCUT2D eigenvalue weighted by Crippen LogP contribution is -2.48. The Morgan fingerprint density at radius 3 is 2.29 bits per heavy atom. The number of amides is 1. The molecular weight excluding hydrogens is 446 g/mol. The normalized spacial score (nSPS) is 11.3. The highest BCUT2D eigenvalue weighted by molar-refractivity contribution is 7.98. The van der Waals surface area contributed by atoms with Crippen LogP contribution in [0.5, 0.6) is 0 Å². The van der Waals surface area contributed by atoms with Gasteiger partial charge >= 0.3 is 5.97 Å². The number of aliphatic carboxylic acids is 1. The summed E-state index contributed by atoms with van der Waals surface area (Å²) in [5.41, 5.74) is 4.40. The summed E-state index contributed by atoms with van der Waals surface area (Å²) in [7, 11) is 0. The fourth-order valence-electron chi connectivity index (χ4n) is 3.74. The first-order chi connectivity index (χ1) is 16.5. The minimum Gasteiger partial charge on any atom is -0.480 e. The van der Waals surface area contributed by atoms with Gasteiger partial charge in [-0.2, -0.15) is 17.0 Å². The second-order valence-corrected chi connectivity index (χ2v) is 8.78. The van der Waals surface area contributed by atoms with Crippen molar-refractivity contribution in [2.75, 3.05) is 24.0 Å². The summed E-state index contributed by atoms with van der Waals surface area (Å²) in [6, 6.07) is 23.0. The van der Waals surface area contributed by atoms with Crippen LogP contribution in [-0.2, 0) is 4.79 Å². The third-order valence-electron chi connectivity index (χ3n) is 5.58. The summed E-state index contributed by atoms with van der Waals surface area (Å²) in [6.45, 7) is 2.00. The lowest BCUT2D eigenvalue weighted by Gasteiger charge is -2.30. The molecule has 6 nitrogen and oxygen atoms in total. The highest BCUT2D eigenvalue weighted by Crippen LogP contribution is 2.28. The van der Waals surface area contributed by atoms with Gasteiger partial charge < -0.3 is 15.3 Å². The SMILES string of the molecule is CSCC[C@@H](C(=O)O)N(CNc1ccc(C#N)cc1)C(=O)c1ccccc1-c1ccccc1C. The minimum absolute atomic E-state index is 0.0121. The van der Waals surface area contributed by atoms with Crippen molar-refractivity contribution in [1.29, 1.82) is 5.26 Å². The van der Waals surface area contributed by atoms with E-state index in [0.29, 0.717) is 29.0 Å². The molecule has 0 aliphatic heterocycles. The molecular formula is C27H27N3O3S. The van der Waals surface area contributed by atoms with Crippen molar-refractivity contribution in [3.05, 3.63) is 89.5 Å². The van der Waals surface area contributed by atoms with Crippen LogP contribution in [0.3, 0.4) is 0 Å². The van der Waals surface area contributed by atoms with Gasteiger partial charge in [-0.25, -0.2) is 4.79 Å². The number of hydrogen-bond donors (Lipinski definition) is 2. The summed E-state index contributed by atoms with van der Waals surface area (Å²) in [4.78, 5) is 27.5. The van der Waals surface area contributed by atoms with Gasteiger partial charge in [-0.1, -0.05) is 42.5 Å². The van der Waals surface area contributed by atoms with Crippen molar-refractivity contribution in [2.24, 2.45) is 0 Å². The van der Waals surface area contributed by atoms with Gasteiger partial charge in [-0.05, 0) is 72.4 Å². The summed E-state index contributed by atoms with van der Waals surface area (Å²) >= 11 is 1.54. The Kier molecular flexibility index (Phi) is 8.72. The zero-order chi connectivity index (χ0) is 24.5. The molecule has 3 aromatic rings. The smallest absolute Gasteiger partial charge is 0.326 e. The Hall–Kier alpha value is -3.76. The molecule has 0 saturated heterocycles. The maximum Gasteiger partial charge on any atom is 0.326 e. The Labute approximate surface area is 204 Å². The van der Waals surface area contributed by atoms with E-state index in [1.807, 2.05) is 49.6 Å². The van der Waals surface area contributed by atoms with E-state index in [-0.39, 0.29) is 12.6 Å². The number of anilines is 1. The van der Waals surface area contributed by atoms with E-state index in [2.05, 4.69) is 11.4 Å². The Morgan fingerprint density at radius 1 is 1.03 bits per heavy atom. The van der Waals surface area contributed by atoms with Gasteiger partial charge in [0, 0.05) is 11.3 Å². The van der Waals surface area contributed by atoms with Gasteiger partial charge in [0.25, 0.3) is 5.91 Å². The summed E-state index contributed by atoms with van der Waals surface area (Å²) in [5, 5.41) is 22.2. The Balaban J connectivity index is 1.98. The van der Waals surface area contributed by atoms with Crippen molar-refractivity contribution >= 4 is 29.3 Å². The van der Waals surface area contributed by atoms with Crippen molar-refractivity contribution < 1.29 is 14.7 Å². The molecule has 174 valence electrons. The highest BCUT2D eigenvalue weighted by Gasteiger charge is 2.31. The molecule has 0 unspecified atom stereocenters. The molecule has 3 aromatic carbocycles. The molecule has 2 N–H and O–H groups in total. The number of nitrogens with one attached hydrogen (secondary N) is 1. The molecule has 34 heavy (non-hydrogen) atoms. The monoisotopic (exact) mass is 473 g/mol. The lowest BCUT2D eigenvalue weighted by molar-refractivity contribution is -0.142. The van der Waals surface area contributed by atoms with Crippen LogP contribution in [0.15, 0.2) is 72.8 Å². The van der Waals surface area contributed by atoms with Crippen LogP contribution in [-0.4, -0.2) is 46.6 Å². The number of nitriles is 1. The molecule has 0 aliphatic rings. The van der Waals surface area contributed by atoms with Gasteiger partial charge in [0.15, 0.2) is 0 Å². The third kappa shape index (κ3) is 5.97. The van der Waals surface area contributed by atoms with E-state index in [4.69, 9.17) is 5.26 Å².